The molecule has 1 aliphatic heterocycles. The summed E-state index contributed by atoms with van der Waals surface area (Å²) in [5.74, 6) is -2.91. The Bertz CT molecular complexity index is 467. The van der Waals surface area contributed by atoms with Gasteiger partial charge < -0.3 is 10.2 Å². The van der Waals surface area contributed by atoms with Crippen molar-refractivity contribution in [3.63, 3.8) is 0 Å². The van der Waals surface area contributed by atoms with E-state index in [2.05, 4.69) is 0 Å². The average Bonchev–Trinajstić information content (AvgIpc) is 2.65. The van der Waals surface area contributed by atoms with Gasteiger partial charge in [-0.15, -0.1) is 0 Å². The number of likely N-dealkylation sites (tertiary alicyclic amines) is 1. The van der Waals surface area contributed by atoms with Crippen LogP contribution >= 0.6 is 0 Å². The van der Waals surface area contributed by atoms with Crippen LogP contribution in [0.1, 0.15) is 12.0 Å². The molecule has 0 spiro atoms. The summed E-state index contributed by atoms with van der Waals surface area (Å²) in [6.07, 6.45) is -0.546. The Hall–Kier alpha value is -1.53. The standard InChI is InChI=1S/C12H13F2NO3/c13-9-2-1-7(3-10(9)14)5-15-6-8(16)4-11(15)12(17)18/h1-3,8,11,16H,4-6H2,(H,17,18). The van der Waals surface area contributed by atoms with E-state index in [4.69, 9.17) is 5.11 Å². The fourth-order valence-corrected chi connectivity index (χ4v) is 2.18. The second-order valence-electron chi connectivity index (χ2n) is 4.42. The number of halogens is 2. The number of β-amino-alcohol motifs (C(OH)–C–C–N with tert-alkyl or cyclic N) is 1. The van der Waals surface area contributed by atoms with Gasteiger partial charge in [0.15, 0.2) is 11.6 Å². The first-order valence-corrected chi connectivity index (χ1v) is 5.56. The van der Waals surface area contributed by atoms with E-state index >= 15 is 0 Å². The van der Waals surface area contributed by atoms with Gasteiger partial charge in [0.2, 0.25) is 0 Å². The molecule has 1 saturated heterocycles. The summed E-state index contributed by atoms with van der Waals surface area (Å²) in [5.41, 5.74) is 0.481. The fourth-order valence-electron chi connectivity index (χ4n) is 2.18. The minimum atomic E-state index is -1.02. The van der Waals surface area contributed by atoms with Gasteiger partial charge in [-0.3, -0.25) is 9.69 Å². The van der Waals surface area contributed by atoms with E-state index in [0.717, 1.165) is 12.1 Å². The number of carboxylic acid groups (broad SMARTS) is 1. The van der Waals surface area contributed by atoms with Crippen LogP contribution in [0.3, 0.4) is 0 Å². The van der Waals surface area contributed by atoms with Crippen molar-refractivity contribution in [2.45, 2.75) is 25.1 Å². The second-order valence-corrected chi connectivity index (χ2v) is 4.42. The van der Waals surface area contributed by atoms with Crippen molar-refractivity contribution in [1.82, 2.24) is 4.90 Å². The molecule has 4 nitrogen and oxygen atoms in total. The summed E-state index contributed by atoms with van der Waals surface area (Å²) in [7, 11) is 0. The minimum absolute atomic E-state index is 0.152. The van der Waals surface area contributed by atoms with Crippen LogP contribution in [-0.2, 0) is 11.3 Å². The lowest BCUT2D eigenvalue weighted by atomic mass is 10.1. The predicted molar refractivity (Wildman–Crippen MR) is 58.8 cm³/mol. The molecule has 1 aromatic carbocycles. The number of aliphatic hydroxyl groups is 1. The monoisotopic (exact) mass is 257 g/mol. The highest BCUT2D eigenvalue weighted by Gasteiger charge is 2.35. The average molecular weight is 257 g/mol. The van der Waals surface area contributed by atoms with Crippen LogP contribution in [-0.4, -0.2) is 39.8 Å². The third-order valence-electron chi connectivity index (χ3n) is 3.04. The first-order valence-electron chi connectivity index (χ1n) is 5.56. The quantitative estimate of drug-likeness (QED) is 0.847. The molecule has 0 aromatic heterocycles. The van der Waals surface area contributed by atoms with Crippen molar-refractivity contribution in [1.29, 1.82) is 0 Å². The molecule has 2 rings (SSSR count). The molecule has 1 aromatic rings. The van der Waals surface area contributed by atoms with Crippen molar-refractivity contribution in [3.05, 3.63) is 35.4 Å². The lowest BCUT2D eigenvalue weighted by Gasteiger charge is -2.20. The van der Waals surface area contributed by atoms with Crippen molar-refractivity contribution >= 4 is 5.97 Å². The molecule has 0 bridgehead atoms. The predicted octanol–water partition coefficient (Wildman–Crippen LogP) is 0.985. The fraction of sp³-hybridized carbons (Fsp3) is 0.417. The van der Waals surface area contributed by atoms with E-state index in [0.29, 0.717) is 5.56 Å². The zero-order valence-corrected chi connectivity index (χ0v) is 9.51. The normalized spacial score (nSPS) is 24.4. The maximum absolute atomic E-state index is 13.0. The van der Waals surface area contributed by atoms with Gasteiger partial charge in [-0.25, -0.2) is 8.78 Å². The van der Waals surface area contributed by atoms with E-state index in [-0.39, 0.29) is 19.5 Å². The van der Waals surface area contributed by atoms with Crippen LogP contribution in [0.5, 0.6) is 0 Å². The number of rotatable bonds is 3. The first-order chi connectivity index (χ1) is 8.47. The SMILES string of the molecule is O=C(O)C1CC(O)CN1Cc1ccc(F)c(F)c1. The lowest BCUT2D eigenvalue weighted by Crippen LogP contribution is -2.35. The smallest absolute Gasteiger partial charge is 0.321 e. The topological polar surface area (TPSA) is 60.8 Å². The van der Waals surface area contributed by atoms with Gasteiger partial charge in [0, 0.05) is 19.5 Å². The summed E-state index contributed by atoms with van der Waals surface area (Å²) in [5, 5.41) is 18.4. The molecule has 1 aliphatic rings. The Kier molecular flexibility index (Phi) is 3.58. The van der Waals surface area contributed by atoms with Crippen LogP contribution in [0.15, 0.2) is 18.2 Å². The number of carbonyl (C=O) groups is 1. The molecule has 98 valence electrons. The molecule has 2 N–H and O–H groups in total. The highest BCUT2D eigenvalue weighted by Crippen LogP contribution is 2.21. The minimum Gasteiger partial charge on any atom is -0.480 e. The summed E-state index contributed by atoms with van der Waals surface area (Å²) in [6.45, 7) is 0.390. The van der Waals surface area contributed by atoms with E-state index < -0.39 is 29.7 Å². The van der Waals surface area contributed by atoms with E-state index in [1.165, 1.54) is 6.07 Å². The molecule has 1 heterocycles. The Balaban J connectivity index is 2.12. The molecule has 2 unspecified atom stereocenters. The molecular formula is C12H13F2NO3. The van der Waals surface area contributed by atoms with Gasteiger partial charge in [0.25, 0.3) is 0 Å². The zero-order chi connectivity index (χ0) is 13.3. The Labute approximate surface area is 102 Å². The van der Waals surface area contributed by atoms with Crippen molar-refractivity contribution < 1.29 is 23.8 Å². The highest BCUT2D eigenvalue weighted by molar-refractivity contribution is 5.74. The molecule has 2 atom stereocenters. The number of nitrogens with zero attached hydrogens (tertiary/aromatic N) is 1. The van der Waals surface area contributed by atoms with E-state index in [1.807, 2.05) is 0 Å². The third kappa shape index (κ3) is 2.65. The number of aliphatic hydroxyl groups excluding tert-OH is 1. The van der Waals surface area contributed by atoms with Gasteiger partial charge >= 0.3 is 5.97 Å². The van der Waals surface area contributed by atoms with Gasteiger partial charge in [0.1, 0.15) is 6.04 Å². The molecule has 1 fully saturated rings. The van der Waals surface area contributed by atoms with Crippen LogP contribution < -0.4 is 0 Å². The summed E-state index contributed by atoms with van der Waals surface area (Å²) < 4.78 is 25.8. The first kappa shape index (κ1) is 12.9. The molecule has 18 heavy (non-hydrogen) atoms. The van der Waals surface area contributed by atoms with Crippen molar-refractivity contribution in [3.8, 4) is 0 Å². The van der Waals surface area contributed by atoms with E-state index in [1.54, 1.807) is 4.90 Å². The maximum Gasteiger partial charge on any atom is 0.321 e. The summed E-state index contributed by atoms with van der Waals surface area (Å²) in [6, 6.07) is 2.67. The Morgan fingerprint density at radius 1 is 1.39 bits per heavy atom. The second kappa shape index (κ2) is 4.99. The van der Waals surface area contributed by atoms with Crippen LogP contribution in [0.2, 0.25) is 0 Å². The molecule has 0 amide bonds. The molecule has 0 saturated carbocycles. The largest absolute Gasteiger partial charge is 0.480 e. The Morgan fingerprint density at radius 2 is 2.11 bits per heavy atom. The number of aliphatic carboxylic acids is 1. The zero-order valence-electron chi connectivity index (χ0n) is 9.51. The van der Waals surface area contributed by atoms with Crippen LogP contribution in [0.25, 0.3) is 0 Å². The van der Waals surface area contributed by atoms with Crippen LogP contribution in [0.4, 0.5) is 8.78 Å². The molecule has 0 aliphatic carbocycles. The van der Waals surface area contributed by atoms with Crippen molar-refractivity contribution in [2.24, 2.45) is 0 Å². The number of benzene rings is 1. The van der Waals surface area contributed by atoms with Gasteiger partial charge in [0.05, 0.1) is 6.10 Å². The number of hydrogen-bond acceptors (Lipinski definition) is 3. The summed E-state index contributed by atoms with van der Waals surface area (Å²) >= 11 is 0. The summed E-state index contributed by atoms with van der Waals surface area (Å²) in [4.78, 5) is 12.5. The third-order valence-corrected chi connectivity index (χ3v) is 3.04. The van der Waals surface area contributed by atoms with Crippen LogP contribution in [0, 0.1) is 11.6 Å². The highest BCUT2D eigenvalue weighted by atomic mass is 19.2. The Morgan fingerprint density at radius 3 is 2.72 bits per heavy atom. The number of carboxylic acids is 1. The lowest BCUT2D eigenvalue weighted by molar-refractivity contribution is -0.142. The number of hydrogen-bond donors (Lipinski definition) is 2. The van der Waals surface area contributed by atoms with E-state index in [9.17, 15) is 18.7 Å². The maximum atomic E-state index is 13.0. The molecular weight excluding hydrogens is 244 g/mol. The van der Waals surface area contributed by atoms with Gasteiger partial charge in [-0.2, -0.15) is 0 Å². The molecule has 0 radical (unpaired) electrons. The molecule has 6 heteroatoms. The van der Waals surface area contributed by atoms with Gasteiger partial charge in [-0.05, 0) is 17.7 Å². The van der Waals surface area contributed by atoms with Crippen molar-refractivity contribution in [2.75, 3.05) is 6.54 Å². The van der Waals surface area contributed by atoms with Gasteiger partial charge in [-0.1, -0.05) is 6.07 Å².